The first kappa shape index (κ1) is 22.8. The lowest BCUT2D eigenvalue weighted by Crippen LogP contribution is -2.40. The van der Waals surface area contributed by atoms with Crippen molar-refractivity contribution in [1.29, 1.82) is 0 Å². The molecule has 8 nitrogen and oxygen atoms in total. The highest BCUT2D eigenvalue weighted by Crippen LogP contribution is 2.38. The molecule has 182 valence electrons. The molecule has 2 aliphatic heterocycles. The molecule has 2 aromatic rings. The van der Waals surface area contributed by atoms with E-state index in [1.807, 2.05) is 11.0 Å². The molecular formula is C25H32FN5O3. The number of aromatic nitrogens is 2. The fourth-order valence-corrected chi connectivity index (χ4v) is 5.72. The van der Waals surface area contributed by atoms with Crippen molar-refractivity contribution in [3.05, 3.63) is 23.8 Å². The summed E-state index contributed by atoms with van der Waals surface area (Å²) in [5, 5.41) is 4.06. The number of nitrogens with two attached hydrogens (primary N) is 1. The lowest BCUT2D eigenvalue weighted by molar-refractivity contribution is -0.131. The van der Waals surface area contributed by atoms with Crippen molar-refractivity contribution >= 4 is 28.2 Å². The summed E-state index contributed by atoms with van der Waals surface area (Å²) in [6.45, 7) is 1.07. The molecule has 1 amide bonds. The first-order valence-electron chi connectivity index (χ1n) is 12.1. The molecule has 0 unspecified atom stereocenters. The first-order valence-corrected chi connectivity index (χ1v) is 12.1. The van der Waals surface area contributed by atoms with Gasteiger partial charge < -0.3 is 25.4 Å². The largest absolute Gasteiger partial charge is 0.493 e. The summed E-state index contributed by atoms with van der Waals surface area (Å²) in [5.74, 6) is 1.04. The normalized spacial score (nSPS) is 24.6. The van der Waals surface area contributed by atoms with Gasteiger partial charge in [-0.05, 0) is 43.2 Å². The van der Waals surface area contributed by atoms with Crippen LogP contribution in [0.4, 0.5) is 10.2 Å². The van der Waals surface area contributed by atoms with Gasteiger partial charge >= 0.3 is 0 Å². The first-order chi connectivity index (χ1) is 16.5. The highest BCUT2D eigenvalue weighted by molar-refractivity contribution is 5.92. The number of hydrogen-bond donors (Lipinski definition) is 2. The number of ether oxygens (including phenoxy) is 2. The molecule has 3 N–H and O–H groups in total. The standard InChI is InChI=1S/C25H32FN5O3/c1-33-19-13-17-22(21(26)23(19)34-2)29-25(30-24(17)27)14-7-9-31(10-8-14)20(32)12-16-11-15-5-3-4-6-18(15)28-16/h7,13,15-16,18,28H,3-6,8-12H2,1-2H3,(H2,27,29,30)/t15-,16-,18-/m0/s1. The molecule has 1 aromatic heterocycles. The topological polar surface area (TPSA) is 103 Å². The van der Waals surface area contributed by atoms with Crippen LogP contribution in [0.15, 0.2) is 12.1 Å². The van der Waals surface area contributed by atoms with E-state index in [9.17, 15) is 4.79 Å². The molecule has 3 aliphatic rings. The van der Waals surface area contributed by atoms with Gasteiger partial charge in [0, 0.05) is 37.0 Å². The number of halogens is 1. The van der Waals surface area contributed by atoms with E-state index in [1.165, 1.54) is 39.9 Å². The van der Waals surface area contributed by atoms with Crippen LogP contribution in [0.5, 0.6) is 11.5 Å². The van der Waals surface area contributed by atoms with E-state index in [2.05, 4.69) is 15.3 Å². The highest BCUT2D eigenvalue weighted by Gasteiger charge is 2.36. The number of benzene rings is 1. The molecule has 1 saturated carbocycles. The van der Waals surface area contributed by atoms with E-state index < -0.39 is 5.82 Å². The van der Waals surface area contributed by atoms with Crippen LogP contribution < -0.4 is 20.5 Å². The van der Waals surface area contributed by atoms with Gasteiger partial charge in [-0.25, -0.2) is 14.4 Å². The Morgan fingerprint density at radius 1 is 1.26 bits per heavy atom. The van der Waals surface area contributed by atoms with Crippen LogP contribution in [-0.2, 0) is 4.79 Å². The van der Waals surface area contributed by atoms with Crippen molar-refractivity contribution in [3.8, 4) is 11.5 Å². The van der Waals surface area contributed by atoms with E-state index in [4.69, 9.17) is 15.2 Å². The lowest BCUT2D eigenvalue weighted by Gasteiger charge is -2.27. The zero-order chi connectivity index (χ0) is 23.8. The second-order valence-corrected chi connectivity index (χ2v) is 9.53. The average Bonchev–Trinajstić information content (AvgIpc) is 3.26. The zero-order valence-electron chi connectivity index (χ0n) is 19.8. The van der Waals surface area contributed by atoms with Gasteiger partial charge in [0.2, 0.25) is 5.91 Å². The Kier molecular flexibility index (Phi) is 6.29. The van der Waals surface area contributed by atoms with Crippen molar-refractivity contribution in [2.75, 3.05) is 33.0 Å². The molecule has 3 atom stereocenters. The van der Waals surface area contributed by atoms with E-state index in [-0.39, 0.29) is 34.8 Å². The fraction of sp³-hybridized carbons (Fsp3) is 0.560. The van der Waals surface area contributed by atoms with Crippen molar-refractivity contribution in [3.63, 3.8) is 0 Å². The van der Waals surface area contributed by atoms with Crippen LogP contribution >= 0.6 is 0 Å². The molecule has 1 aliphatic carbocycles. The number of amides is 1. The Morgan fingerprint density at radius 3 is 2.79 bits per heavy atom. The van der Waals surface area contributed by atoms with Crippen LogP contribution in [0.3, 0.4) is 0 Å². The molecule has 9 heteroatoms. The predicted molar refractivity (Wildman–Crippen MR) is 128 cm³/mol. The summed E-state index contributed by atoms with van der Waals surface area (Å²) >= 11 is 0. The van der Waals surface area contributed by atoms with Crippen molar-refractivity contribution in [2.45, 2.75) is 57.0 Å². The Bertz CT molecular complexity index is 1120. The Morgan fingerprint density at radius 2 is 2.09 bits per heavy atom. The minimum atomic E-state index is -0.634. The molecule has 1 aromatic carbocycles. The summed E-state index contributed by atoms with van der Waals surface area (Å²) in [5.41, 5.74) is 7.10. The third kappa shape index (κ3) is 4.17. The Labute approximate surface area is 198 Å². The molecule has 0 spiro atoms. The van der Waals surface area contributed by atoms with Gasteiger partial charge in [0.15, 0.2) is 23.1 Å². The van der Waals surface area contributed by atoms with Crippen LogP contribution in [0, 0.1) is 11.7 Å². The van der Waals surface area contributed by atoms with Gasteiger partial charge in [-0.1, -0.05) is 18.9 Å². The molecule has 34 heavy (non-hydrogen) atoms. The third-order valence-corrected chi connectivity index (χ3v) is 7.52. The summed E-state index contributed by atoms with van der Waals surface area (Å²) in [7, 11) is 2.81. The molecule has 3 heterocycles. The van der Waals surface area contributed by atoms with Crippen molar-refractivity contribution in [2.24, 2.45) is 5.92 Å². The Balaban J connectivity index is 1.30. The smallest absolute Gasteiger partial charge is 0.224 e. The van der Waals surface area contributed by atoms with Gasteiger partial charge in [0.25, 0.3) is 0 Å². The highest BCUT2D eigenvalue weighted by atomic mass is 19.1. The number of nitrogens with one attached hydrogen (secondary N) is 1. The van der Waals surface area contributed by atoms with Crippen molar-refractivity contribution < 1.29 is 18.7 Å². The zero-order valence-corrected chi connectivity index (χ0v) is 19.8. The monoisotopic (exact) mass is 469 g/mol. The third-order valence-electron chi connectivity index (χ3n) is 7.52. The van der Waals surface area contributed by atoms with E-state index >= 15 is 4.39 Å². The van der Waals surface area contributed by atoms with Crippen LogP contribution in [0.2, 0.25) is 0 Å². The molecule has 2 fully saturated rings. The van der Waals surface area contributed by atoms with Gasteiger partial charge in [0.05, 0.1) is 14.2 Å². The van der Waals surface area contributed by atoms with E-state index in [1.54, 1.807) is 6.07 Å². The molecular weight excluding hydrogens is 437 g/mol. The lowest BCUT2D eigenvalue weighted by atomic mass is 9.85. The minimum Gasteiger partial charge on any atom is -0.493 e. The Hall–Kier alpha value is -2.94. The number of nitrogens with zero attached hydrogens (tertiary/aromatic N) is 3. The molecule has 0 radical (unpaired) electrons. The summed E-state index contributed by atoms with van der Waals surface area (Å²) < 4.78 is 25.5. The van der Waals surface area contributed by atoms with Crippen LogP contribution in [0.25, 0.3) is 16.5 Å². The summed E-state index contributed by atoms with van der Waals surface area (Å²) in [6, 6.07) is 2.46. The van der Waals surface area contributed by atoms with E-state index in [0.717, 1.165) is 17.9 Å². The van der Waals surface area contributed by atoms with Crippen molar-refractivity contribution in [1.82, 2.24) is 20.2 Å². The second-order valence-electron chi connectivity index (χ2n) is 9.53. The van der Waals surface area contributed by atoms with E-state index in [0.29, 0.717) is 43.2 Å². The number of carbonyl (C=O) groups excluding carboxylic acids is 1. The number of hydrogen-bond acceptors (Lipinski definition) is 7. The number of nitrogen functional groups attached to an aromatic ring is 1. The van der Waals surface area contributed by atoms with Gasteiger partial charge in [0.1, 0.15) is 11.3 Å². The number of fused-ring (bicyclic) bond motifs is 2. The quantitative estimate of drug-likeness (QED) is 0.693. The predicted octanol–water partition coefficient (Wildman–Crippen LogP) is 3.29. The second kappa shape index (κ2) is 9.37. The maximum Gasteiger partial charge on any atom is 0.224 e. The number of rotatable bonds is 5. The van der Waals surface area contributed by atoms with Crippen LogP contribution in [-0.4, -0.2) is 60.2 Å². The van der Waals surface area contributed by atoms with Crippen LogP contribution in [0.1, 0.15) is 50.8 Å². The average molecular weight is 470 g/mol. The number of carbonyl (C=O) groups is 1. The maximum atomic E-state index is 15.1. The van der Waals surface area contributed by atoms with Gasteiger partial charge in [-0.3, -0.25) is 4.79 Å². The van der Waals surface area contributed by atoms with Gasteiger partial charge in [-0.15, -0.1) is 0 Å². The fourth-order valence-electron chi connectivity index (χ4n) is 5.72. The molecule has 0 bridgehead atoms. The SMILES string of the molecule is COc1cc2c(N)nc(C3=CCN(C(=O)C[C@@H]4C[C@@H]5CCCC[C@@H]5N4)CC3)nc2c(F)c1OC. The maximum absolute atomic E-state index is 15.1. The number of anilines is 1. The summed E-state index contributed by atoms with van der Waals surface area (Å²) in [4.78, 5) is 23.7. The number of methoxy groups -OCH3 is 2. The molecule has 5 rings (SSSR count). The summed E-state index contributed by atoms with van der Waals surface area (Å²) in [6.07, 6.45) is 9.32. The van der Waals surface area contributed by atoms with Gasteiger partial charge in [-0.2, -0.15) is 0 Å². The molecule has 1 saturated heterocycles. The minimum absolute atomic E-state index is 0.0196.